The second kappa shape index (κ2) is 7.66. The third kappa shape index (κ3) is 4.17. The largest absolute Gasteiger partial charge is 0.493 e. The molecule has 0 radical (unpaired) electrons. The Morgan fingerprint density at radius 3 is 2.76 bits per heavy atom. The first-order chi connectivity index (χ1) is 12.0. The van der Waals surface area contributed by atoms with Crippen molar-refractivity contribution in [2.75, 3.05) is 20.2 Å². The highest BCUT2D eigenvalue weighted by molar-refractivity contribution is 5.78. The van der Waals surface area contributed by atoms with Crippen LogP contribution in [0.15, 0.2) is 48.5 Å². The Hall–Kier alpha value is -2.40. The maximum absolute atomic E-state index is 13.1. The Bertz CT molecular complexity index is 733. The summed E-state index contributed by atoms with van der Waals surface area (Å²) >= 11 is 0. The number of ether oxygens (including phenoxy) is 1. The fraction of sp³-hybridized carbons (Fsp3) is 0.350. The highest BCUT2D eigenvalue weighted by Crippen LogP contribution is 2.31. The molecule has 0 spiro atoms. The number of hydrogen-bond acceptors (Lipinski definition) is 3. The molecule has 2 unspecified atom stereocenters. The molecule has 2 aromatic carbocycles. The summed E-state index contributed by atoms with van der Waals surface area (Å²) in [4.78, 5) is 14.4. The van der Waals surface area contributed by atoms with Crippen molar-refractivity contribution in [2.45, 2.75) is 25.4 Å². The van der Waals surface area contributed by atoms with Gasteiger partial charge in [-0.15, -0.1) is 0 Å². The Kier molecular flexibility index (Phi) is 5.34. The zero-order valence-electron chi connectivity index (χ0n) is 14.5. The predicted molar refractivity (Wildman–Crippen MR) is 94.9 cm³/mol. The van der Waals surface area contributed by atoms with E-state index in [-0.39, 0.29) is 30.4 Å². The van der Waals surface area contributed by atoms with Crippen LogP contribution < -0.4 is 10.1 Å². The molecule has 132 valence electrons. The van der Waals surface area contributed by atoms with E-state index in [2.05, 4.69) is 5.32 Å². The third-order valence-corrected chi connectivity index (χ3v) is 4.70. The number of nitrogens with zero attached hydrogens (tertiary/aromatic N) is 1. The fourth-order valence-corrected chi connectivity index (χ4v) is 3.09. The van der Waals surface area contributed by atoms with E-state index in [1.54, 1.807) is 12.1 Å². The highest BCUT2D eigenvalue weighted by Gasteiger charge is 2.23. The first-order valence-electron chi connectivity index (χ1n) is 8.51. The Morgan fingerprint density at radius 1 is 1.28 bits per heavy atom. The number of nitrogens with one attached hydrogen (secondary N) is 1. The second-order valence-electron chi connectivity index (χ2n) is 6.44. The molecule has 2 aromatic rings. The number of hydrogen-bond donors (Lipinski definition) is 1. The van der Waals surface area contributed by atoms with E-state index in [1.807, 2.05) is 43.1 Å². The number of carbonyl (C=O) groups is 1. The molecule has 4 nitrogen and oxygen atoms in total. The molecule has 0 aromatic heterocycles. The van der Waals surface area contributed by atoms with Crippen molar-refractivity contribution in [1.29, 1.82) is 0 Å². The minimum Gasteiger partial charge on any atom is -0.493 e. The van der Waals surface area contributed by atoms with Crippen LogP contribution >= 0.6 is 0 Å². The molecule has 0 aliphatic carbocycles. The van der Waals surface area contributed by atoms with Crippen LogP contribution in [0.1, 0.15) is 36.6 Å². The summed E-state index contributed by atoms with van der Waals surface area (Å²) in [6.45, 7) is 2.88. The molecule has 25 heavy (non-hydrogen) atoms. The predicted octanol–water partition coefficient (Wildman–Crippen LogP) is 3.46. The number of rotatable bonds is 5. The van der Waals surface area contributed by atoms with Gasteiger partial charge in [-0.3, -0.25) is 9.69 Å². The lowest BCUT2D eigenvalue weighted by Gasteiger charge is -2.29. The molecular formula is C20H23FN2O2. The lowest BCUT2D eigenvalue weighted by Crippen LogP contribution is -2.39. The molecular weight excluding hydrogens is 319 g/mol. The standard InChI is InChI=1S/C20H23FN2O2/c1-14(15-7-9-16(21)10-8-15)23(2)13-20(24)22-18-11-12-25-19-6-4-3-5-17(18)19/h3-10,14,18H,11-13H2,1-2H3,(H,22,24). The van der Waals surface area contributed by atoms with Crippen LogP contribution in [0, 0.1) is 5.82 Å². The van der Waals surface area contributed by atoms with E-state index in [0.717, 1.165) is 23.3 Å². The van der Waals surface area contributed by atoms with Gasteiger partial charge in [0.2, 0.25) is 5.91 Å². The monoisotopic (exact) mass is 342 g/mol. The number of amides is 1. The van der Waals surface area contributed by atoms with Gasteiger partial charge < -0.3 is 10.1 Å². The summed E-state index contributed by atoms with van der Waals surface area (Å²) in [5, 5.41) is 3.10. The van der Waals surface area contributed by atoms with E-state index in [9.17, 15) is 9.18 Å². The van der Waals surface area contributed by atoms with Crippen LogP contribution in [-0.2, 0) is 4.79 Å². The van der Waals surface area contributed by atoms with Crippen molar-refractivity contribution in [3.8, 4) is 5.75 Å². The molecule has 1 aliphatic heterocycles. The zero-order valence-corrected chi connectivity index (χ0v) is 14.5. The summed E-state index contributed by atoms with van der Waals surface area (Å²) < 4.78 is 18.7. The number of halogens is 1. The average molecular weight is 342 g/mol. The average Bonchev–Trinajstić information content (AvgIpc) is 2.62. The molecule has 3 rings (SSSR count). The minimum atomic E-state index is -0.255. The molecule has 1 aliphatic rings. The molecule has 0 bridgehead atoms. The quantitative estimate of drug-likeness (QED) is 0.905. The van der Waals surface area contributed by atoms with Crippen molar-refractivity contribution in [3.05, 3.63) is 65.5 Å². The summed E-state index contributed by atoms with van der Waals surface area (Å²) in [7, 11) is 1.89. The number of fused-ring (bicyclic) bond motifs is 1. The molecule has 1 amide bonds. The van der Waals surface area contributed by atoms with Crippen LogP contribution in [0.4, 0.5) is 4.39 Å². The van der Waals surface area contributed by atoms with Gasteiger partial charge in [-0.25, -0.2) is 4.39 Å². The summed E-state index contributed by atoms with van der Waals surface area (Å²) in [6.07, 6.45) is 0.764. The normalized spacial score (nSPS) is 17.5. The molecule has 0 saturated heterocycles. The maximum Gasteiger partial charge on any atom is 0.234 e. The van der Waals surface area contributed by atoms with Gasteiger partial charge in [-0.2, -0.15) is 0 Å². The van der Waals surface area contributed by atoms with Crippen LogP contribution in [0.5, 0.6) is 5.75 Å². The molecule has 1 heterocycles. The van der Waals surface area contributed by atoms with Gasteiger partial charge in [0.05, 0.1) is 19.2 Å². The Morgan fingerprint density at radius 2 is 2.00 bits per heavy atom. The summed E-state index contributed by atoms with van der Waals surface area (Å²) in [6, 6.07) is 14.2. The van der Waals surface area contributed by atoms with Gasteiger partial charge in [0.25, 0.3) is 0 Å². The zero-order chi connectivity index (χ0) is 17.8. The number of likely N-dealkylation sites (N-methyl/N-ethyl adjacent to an activating group) is 1. The lowest BCUT2D eigenvalue weighted by atomic mass is 10.0. The molecule has 1 N–H and O–H groups in total. The first kappa shape index (κ1) is 17.4. The van der Waals surface area contributed by atoms with Crippen molar-refractivity contribution >= 4 is 5.91 Å². The van der Waals surface area contributed by atoms with Crippen LogP contribution in [0.3, 0.4) is 0 Å². The molecule has 0 saturated carbocycles. The number of benzene rings is 2. The molecule has 2 atom stereocenters. The minimum absolute atomic E-state index is 0.0213. The van der Waals surface area contributed by atoms with Gasteiger partial charge in [0.1, 0.15) is 11.6 Å². The van der Waals surface area contributed by atoms with Crippen LogP contribution in [0.25, 0.3) is 0 Å². The smallest absolute Gasteiger partial charge is 0.234 e. The third-order valence-electron chi connectivity index (χ3n) is 4.70. The Balaban J connectivity index is 1.60. The van der Waals surface area contributed by atoms with Gasteiger partial charge in [-0.05, 0) is 37.7 Å². The molecule has 0 fully saturated rings. The van der Waals surface area contributed by atoms with Crippen molar-refractivity contribution in [1.82, 2.24) is 10.2 Å². The van der Waals surface area contributed by atoms with Gasteiger partial charge in [0.15, 0.2) is 0 Å². The summed E-state index contributed by atoms with van der Waals surface area (Å²) in [5.74, 6) is 0.555. The maximum atomic E-state index is 13.1. The van der Waals surface area contributed by atoms with Gasteiger partial charge >= 0.3 is 0 Å². The highest BCUT2D eigenvalue weighted by atomic mass is 19.1. The Labute approximate surface area is 147 Å². The SMILES string of the molecule is CC(c1ccc(F)cc1)N(C)CC(=O)NC1CCOc2ccccc21. The van der Waals surface area contributed by atoms with Crippen molar-refractivity contribution in [2.24, 2.45) is 0 Å². The number of carbonyl (C=O) groups excluding carboxylic acids is 1. The van der Waals surface area contributed by atoms with Crippen molar-refractivity contribution in [3.63, 3.8) is 0 Å². The topological polar surface area (TPSA) is 41.6 Å². The van der Waals surface area contributed by atoms with E-state index < -0.39 is 0 Å². The van der Waals surface area contributed by atoms with E-state index >= 15 is 0 Å². The van der Waals surface area contributed by atoms with Crippen LogP contribution in [0.2, 0.25) is 0 Å². The lowest BCUT2D eigenvalue weighted by molar-refractivity contribution is -0.123. The van der Waals surface area contributed by atoms with E-state index in [4.69, 9.17) is 4.74 Å². The molecule has 5 heteroatoms. The fourth-order valence-electron chi connectivity index (χ4n) is 3.09. The van der Waals surface area contributed by atoms with E-state index in [1.165, 1.54) is 12.1 Å². The second-order valence-corrected chi connectivity index (χ2v) is 6.44. The van der Waals surface area contributed by atoms with Crippen molar-refractivity contribution < 1.29 is 13.9 Å². The van der Waals surface area contributed by atoms with Gasteiger partial charge in [-0.1, -0.05) is 30.3 Å². The van der Waals surface area contributed by atoms with E-state index in [0.29, 0.717) is 6.61 Å². The number of para-hydroxylation sites is 1. The summed E-state index contributed by atoms with van der Waals surface area (Å²) in [5.41, 5.74) is 2.00. The first-order valence-corrected chi connectivity index (χ1v) is 8.51. The van der Waals surface area contributed by atoms with Crippen LogP contribution in [-0.4, -0.2) is 31.0 Å². The van der Waals surface area contributed by atoms with Gasteiger partial charge in [0, 0.05) is 18.0 Å².